The van der Waals surface area contributed by atoms with Gasteiger partial charge in [0.15, 0.2) is 0 Å². The second kappa shape index (κ2) is 8.56. The predicted molar refractivity (Wildman–Crippen MR) is 96.8 cm³/mol. The number of methoxy groups -OCH3 is 1. The Morgan fingerprint density at radius 1 is 1.32 bits per heavy atom. The SMILES string of the molecule is CCOC(=O)C1(NC(=O)Cc2ccc(OC)cc2Cl)CCC(C)CC1. The van der Waals surface area contributed by atoms with Gasteiger partial charge in [-0.25, -0.2) is 4.79 Å². The topological polar surface area (TPSA) is 64.6 Å². The zero-order valence-electron chi connectivity index (χ0n) is 15.1. The van der Waals surface area contributed by atoms with Crippen LogP contribution in [0.25, 0.3) is 0 Å². The van der Waals surface area contributed by atoms with Gasteiger partial charge in [0.1, 0.15) is 11.3 Å². The van der Waals surface area contributed by atoms with Crippen LogP contribution in [0.3, 0.4) is 0 Å². The molecule has 1 aromatic rings. The van der Waals surface area contributed by atoms with Crippen LogP contribution in [0.5, 0.6) is 5.75 Å². The zero-order valence-corrected chi connectivity index (χ0v) is 15.8. The van der Waals surface area contributed by atoms with Crippen molar-refractivity contribution in [1.29, 1.82) is 0 Å². The molecule has 138 valence electrons. The molecule has 25 heavy (non-hydrogen) atoms. The Labute approximate surface area is 154 Å². The number of ether oxygens (including phenoxy) is 2. The van der Waals surface area contributed by atoms with Crippen LogP contribution in [0.2, 0.25) is 5.02 Å². The summed E-state index contributed by atoms with van der Waals surface area (Å²) in [5.74, 6) is 0.625. The molecule has 6 heteroatoms. The van der Waals surface area contributed by atoms with E-state index >= 15 is 0 Å². The minimum Gasteiger partial charge on any atom is -0.497 e. The normalized spacial score (nSPS) is 23.0. The highest BCUT2D eigenvalue weighted by atomic mass is 35.5. The van der Waals surface area contributed by atoms with Crippen LogP contribution >= 0.6 is 11.6 Å². The molecule has 0 radical (unpaired) electrons. The van der Waals surface area contributed by atoms with Crippen LogP contribution in [0.4, 0.5) is 0 Å². The van der Waals surface area contributed by atoms with E-state index in [9.17, 15) is 9.59 Å². The molecule has 1 aromatic carbocycles. The van der Waals surface area contributed by atoms with E-state index in [-0.39, 0.29) is 18.3 Å². The smallest absolute Gasteiger partial charge is 0.331 e. The van der Waals surface area contributed by atoms with Gasteiger partial charge in [-0.3, -0.25) is 4.79 Å². The van der Waals surface area contributed by atoms with E-state index in [0.29, 0.717) is 41.7 Å². The maximum atomic E-state index is 12.6. The lowest BCUT2D eigenvalue weighted by Gasteiger charge is -2.37. The molecule has 1 saturated carbocycles. The number of halogens is 1. The quantitative estimate of drug-likeness (QED) is 0.781. The standard InChI is InChI=1S/C19H26ClNO4/c1-4-25-18(23)19(9-7-13(2)8-10-19)21-17(22)11-14-5-6-15(24-3)12-16(14)20/h5-6,12-13H,4,7-11H2,1-3H3,(H,21,22). The van der Waals surface area contributed by atoms with E-state index in [1.54, 1.807) is 32.2 Å². The van der Waals surface area contributed by atoms with Crippen molar-refractivity contribution >= 4 is 23.5 Å². The van der Waals surface area contributed by atoms with Crippen molar-refractivity contribution in [2.75, 3.05) is 13.7 Å². The van der Waals surface area contributed by atoms with Crippen molar-refractivity contribution in [2.45, 2.75) is 51.5 Å². The third-order valence-corrected chi connectivity index (χ3v) is 5.14. The molecule has 0 bridgehead atoms. The Bertz CT molecular complexity index is 624. The molecule has 1 N–H and O–H groups in total. The second-order valence-electron chi connectivity index (χ2n) is 6.67. The Balaban J connectivity index is 2.10. The lowest BCUT2D eigenvalue weighted by atomic mass is 9.77. The first-order valence-corrected chi connectivity index (χ1v) is 9.08. The molecule has 1 aliphatic carbocycles. The van der Waals surface area contributed by atoms with Gasteiger partial charge in [0, 0.05) is 5.02 Å². The fraction of sp³-hybridized carbons (Fsp3) is 0.579. The summed E-state index contributed by atoms with van der Waals surface area (Å²) >= 11 is 6.21. The number of rotatable bonds is 6. The molecule has 0 aliphatic heterocycles. The van der Waals surface area contributed by atoms with Gasteiger partial charge in [0.2, 0.25) is 5.91 Å². The van der Waals surface area contributed by atoms with E-state index in [4.69, 9.17) is 21.1 Å². The van der Waals surface area contributed by atoms with Crippen LogP contribution < -0.4 is 10.1 Å². The van der Waals surface area contributed by atoms with E-state index < -0.39 is 5.54 Å². The number of carbonyl (C=O) groups excluding carboxylic acids is 2. The fourth-order valence-corrected chi connectivity index (χ4v) is 3.42. The third kappa shape index (κ3) is 4.88. The van der Waals surface area contributed by atoms with Crippen molar-refractivity contribution < 1.29 is 19.1 Å². The first-order valence-electron chi connectivity index (χ1n) is 8.71. The Morgan fingerprint density at radius 2 is 2.00 bits per heavy atom. The summed E-state index contributed by atoms with van der Waals surface area (Å²) in [6.45, 7) is 4.24. The Morgan fingerprint density at radius 3 is 2.56 bits per heavy atom. The van der Waals surface area contributed by atoms with Crippen LogP contribution in [0, 0.1) is 5.92 Å². The van der Waals surface area contributed by atoms with Crippen molar-refractivity contribution in [3.63, 3.8) is 0 Å². The molecule has 0 aromatic heterocycles. The summed E-state index contributed by atoms with van der Waals surface area (Å²) in [5.41, 5.74) is -0.221. The minimum atomic E-state index is -0.918. The van der Waals surface area contributed by atoms with E-state index in [0.717, 1.165) is 12.8 Å². The van der Waals surface area contributed by atoms with Crippen molar-refractivity contribution in [2.24, 2.45) is 5.92 Å². The van der Waals surface area contributed by atoms with Gasteiger partial charge in [-0.05, 0) is 56.2 Å². The first-order chi connectivity index (χ1) is 11.9. The number of benzene rings is 1. The molecular weight excluding hydrogens is 342 g/mol. The maximum absolute atomic E-state index is 12.6. The third-order valence-electron chi connectivity index (χ3n) is 4.78. The molecule has 1 amide bonds. The molecule has 0 spiro atoms. The second-order valence-corrected chi connectivity index (χ2v) is 7.07. The highest BCUT2D eigenvalue weighted by Gasteiger charge is 2.43. The van der Waals surface area contributed by atoms with Crippen LogP contribution in [0.1, 0.15) is 45.1 Å². The number of carbonyl (C=O) groups is 2. The molecule has 1 aliphatic rings. The number of hydrogen-bond donors (Lipinski definition) is 1. The summed E-state index contributed by atoms with van der Waals surface area (Å²) in [4.78, 5) is 25.1. The molecular formula is C19H26ClNO4. The van der Waals surface area contributed by atoms with Gasteiger partial charge in [-0.2, -0.15) is 0 Å². The Kier molecular flexibility index (Phi) is 6.71. The molecule has 0 heterocycles. The first kappa shape index (κ1) is 19.6. The fourth-order valence-electron chi connectivity index (χ4n) is 3.19. The number of amides is 1. The van der Waals surface area contributed by atoms with Gasteiger partial charge in [-0.15, -0.1) is 0 Å². The summed E-state index contributed by atoms with van der Waals surface area (Å²) in [6, 6.07) is 5.20. The summed E-state index contributed by atoms with van der Waals surface area (Å²) < 4.78 is 10.3. The van der Waals surface area contributed by atoms with Crippen molar-refractivity contribution in [3.05, 3.63) is 28.8 Å². The van der Waals surface area contributed by atoms with E-state index in [1.165, 1.54) is 0 Å². The van der Waals surface area contributed by atoms with E-state index in [2.05, 4.69) is 12.2 Å². The summed E-state index contributed by atoms with van der Waals surface area (Å²) in [7, 11) is 1.56. The van der Waals surface area contributed by atoms with Gasteiger partial charge >= 0.3 is 5.97 Å². The summed E-state index contributed by atoms with van der Waals surface area (Å²) in [5, 5.41) is 3.41. The largest absolute Gasteiger partial charge is 0.497 e. The van der Waals surface area contributed by atoms with Crippen LogP contribution in [-0.2, 0) is 20.7 Å². The molecule has 2 rings (SSSR count). The van der Waals surface area contributed by atoms with Gasteiger partial charge in [0.05, 0.1) is 20.1 Å². The number of hydrogen-bond acceptors (Lipinski definition) is 4. The van der Waals surface area contributed by atoms with Gasteiger partial charge < -0.3 is 14.8 Å². The van der Waals surface area contributed by atoms with Crippen LogP contribution in [0.15, 0.2) is 18.2 Å². The number of nitrogens with one attached hydrogen (secondary N) is 1. The van der Waals surface area contributed by atoms with Crippen molar-refractivity contribution in [1.82, 2.24) is 5.32 Å². The Hall–Kier alpha value is -1.75. The average Bonchev–Trinajstić information content (AvgIpc) is 2.59. The maximum Gasteiger partial charge on any atom is 0.331 e. The predicted octanol–water partition coefficient (Wildman–Crippen LogP) is 3.52. The number of esters is 1. The average molecular weight is 368 g/mol. The molecule has 1 fully saturated rings. The van der Waals surface area contributed by atoms with Gasteiger partial charge in [0.25, 0.3) is 0 Å². The molecule has 5 nitrogen and oxygen atoms in total. The van der Waals surface area contributed by atoms with Crippen LogP contribution in [-0.4, -0.2) is 31.1 Å². The minimum absolute atomic E-state index is 0.111. The van der Waals surface area contributed by atoms with Crippen molar-refractivity contribution in [3.8, 4) is 5.75 Å². The monoisotopic (exact) mass is 367 g/mol. The zero-order chi connectivity index (χ0) is 18.4. The highest BCUT2D eigenvalue weighted by molar-refractivity contribution is 6.31. The molecule has 0 unspecified atom stereocenters. The molecule has 0 atom stereocenters. The lowest BCUT2D eigenvalue weighted by molar-refractivity contribution is -0.155. The lowest BCUT2D eigenvalue weighted by Crippen LogP contribution is -2.57. The highest BCUT2D eigenvalue weighted by Crippen LogP contribution is 2.33. The molecule has 0 saturated heterocycles. The van der Waals surface area contributed by atoms with Gasteiger partial charge in [-0.1, -0.05) is 24.6 Å². The van der Waals surface area contributed by atoms with E-state index in [1.807, 2.05) is 0 Å². The summed E-state index contributed by atoms with van der Waals surface area (Å²) in [6.07, 6.45) is 3.11.